The average molecular weight is 376 g/mol. The highest BCUT2D eigenvalue weighted by Crippen LogP contribution is 2.34. The maximum Gasteiger partial charge on any atom is 0.334 e. The largest absolute Gasteiger partial charge is 0.462 e. The van der Waals surface area contributed by atoms with E-state index >= 15 is 0 Å². The predicted molar refractivity (Wildman–Crippen MR) is 103 cm³/mol. The molecule has 4 atom stereocenters. The Morgan fingerprint density at radius 3 is 2.59 bits per heavy atom. The van der Waals surface area contributed by atoms with E-state index in [1.807, 2.05) is 20.8 Å². The van der Waals surface area contributed by atoms with Crippen molar-refractivity contribution in [2.45, 2.75) is 78.9 Å². The molecule has 0 saturated carbocycles. The Morgan fingerprint density at radius 2 is 1.96 bits per heavy atom. The van der Waals surface area contributed by atoms with E-state index in [4.69, 9.17) is 9.47 Å². The van der Waals surface area contributed by atoms with Crippen LogP contribution in [0.2, 0.25) is 0 Å². The molecule has 0 saturated heterocycles. The molecule has 0 aromatic rings. The Morgan fingerprint density at radius 1 is 1.26 bits per heavy atom. The molecule has 0 unspecified atom stereocenters. The molecule has 0 aromatic carbocycles. The first kappa shape index (κ1) is 21.4. The summed E-state index contributed by atoms with van der Waals surface area (Å²) in [7, 11) is 0. The number of hydrogen-bond acceptors (Lipinski definition) is 5. The summed E-state index contributed by atoms with van der Waals surface area (Å²) >= 11 is 0. The highest BCUT2D eigenvalue weighted by atomic mass is 16.6. The van der Waals surface area contributed by atoms with Gasteiger partial charge in [0, 0.05) is 37.7 Å². The lowest BCUT2D eigenvalue weighted by Crippen LogP contribution is -2.38. The number of Topliss-reactive ketones (excluding diaryl/α,β-unsaturated/α-hetero) is 1. The van der Waals surface area contributed by atoms with E-state index in [-0.39, 0.29) is 42.0 Å². The second kappa shape index (κ2) is 9.34. The summed E-state index contributed by atoms with van der Waals surface area (Å²) in [6.07, 6.45) is 6.12. The molecule has 0 N–H and O–H groups in total. The van der Waals surface area contributed by atoms with Gasteiger partial charge in [0.2, 0.25) is 0 Å². The Kier molecular flexibility index (Phi) is 7.40. The van der Waals surface area contributed by atoms with Gasteiger partial charge in [0.1, 0.15) is 18.0 Å². The number of esters is 2. The lowest BCUT2D eigenvalue weighted by Gasteiger charge is -2.33. The van der Waals surface area contributed by atoms with E-state index in [1.54, 1.807) is 6.08 Å². The van der Waals surface area contributed by atoms with Crippen molar-refractivity contribution in [3.05, 3.63) is 23.3 Å². The predicted octanol–water partition coefficient (Wildman–Crippen LogP) is 4.16. The van der Waals surface area contributed by atoms with Crippen LogP contribution in [-0.4, -0.2) is 29.9 Å². The van der Waals surface area contributed by atoms with Gasteiger partial charge in [-0.05, 0) is 37.7 Å². The van der Waals surface area contributed by atoms with Crippen molar-refractivity contribution in [1.29, 1.82) is 0 Å². The number of hydrogen-bond donors (Lipinski definition) is 0. The van der Waals surface area contributed by atoms with Crippen LogP contribution >= 0.6 is 0 Å². The molecular weight excluding hydrogens is 344 g/mol. The average Bonchev–Trinajstić information content (AvgIpc) is 2.85. The number of ketones is 1. The van der Waals surface area contributed by atoms with Crippen LogP contribution in [-0.2, 0) is 23.9 Å². The molecule has 1 aliphatic heterocycles. The van der Waals surface area contributed by atoms with Gasteiger partial charge in [-0.3, -0.25) is 9.59 Å². The summed E-state index contributed by atoms with van der Waals surface area (Å²) in [4.78, 5) is 36.4. The maximum absolute atomic E-state index is 12.4. The second-order valence-electron chi connectivity index (χ2n) is 8.39. The van der Waals surface area contributed by atoms with Gasteiger partial charge in [-0.1, -0.05) is 32.4 Å². The first-order chi connectivity index (χ1) is 12.7. The van der Waals surface area contributed by atoms with Crippen molar-refractivity contribution in [2.24, 2.45) is 17.8 Å². The van der Waals surface area contributed by atoms with Gasteiger partial charge in [-0.25, -0.2) is 4.79 Å². The third-order valence-corrected chi connectivity index (χ3v) is 5.41. The quantitative estimate of drug-likeness (QED) is 0.535. The van der Waals surface area contributed by atoms with Gasteiger partial charge < -0.3 is 9.47 Å². The Hall–Kier alpha value is -1.91. The molecule has 5 heteroatoms. The molecule has 1 aliphatic carbocycles. The fourth-order valence-corrected chi connectivity index (χ4v) is 4.10. The first-order valence-electron chi connectivity index (χ1n) is 9.93. The molecule has 27 heavy (non-hydrogen) atoms. The van der Waals surface area contributed by atoms with Crippen LogP contribution in [0.4, 0.5) is 0 Å². The lowest BCUT2D eigenvalue weighted by atomic mass is 9.82. The molecule has 0 radical (unpaired) electrons. The van der Waals surface area contributed by atoms with Crippen LogP contribution in [0.5, 0.6) is 0 Å². The summed E-state index contributed by atoms with van der Waals surface area (Å²) in [5.74, 6) is -0.435. The van der Waals surface area contributed by atoms with Crippen LogP contribution in [0.15, 0.2) is 23.3 Å². The van der Waals surface area contributed by atoms with E-state index in [9.17, 15) is 14.4 Å². The van der Waals surface area contributed by atoms with Crippen LogP contribution in [0.3, 0.4) is 0 Å². The van der Waals surface area contributed by atoms with Crippen LogP contribution in [0, 0.1) is 17.8 Å². The van der Waals surface area contributed by atoms with Crippen LogP contribution < -0.4 is 0 Å². The summed E-state index contributed by atoms with van der Waals surface area (Å²) in [5, 5.41) is 0. The number of allylic oxidation sites excluding steroid dienone is 1. The molecular formula is C22H32O5. The summed E-state index contributed by atoms with van der Waals surface area (Å²) in [6, 6.07) is 0. The molecule has 5 nitrogen and oxygen atoms in total. The van der Waals surface area contributed by atoms with Crippen molar-refractivity contribution in [3.8, 4) is 0 Å². The van der Waals surface area contributed by atoms with E-state index in [1.165, 1.54) is 6.92 Å². The zero-order chi connectivity index (χ0) is 20.1. The summed E-state index contributed by atoms with van der Waals surface area (Å²) in [6.45, 7) is 9.58. The minimum Gasteiger partial charge on any atom is -0.462 e. The molecule has 2 aliphatic rings. The molecule has 0 spiro atoms. The summed E-state index contributed by atoms with van der Waals surface area (Å²) < 4.78 is 11.3. The van der Waals surface area contributed by atoms with Gasteiger partial charge in [0.15, 0.2) is 0 Å². The molecule has 0 amide bonds. The zero-order valence-corrected chi connectivity index (χ0v) is 17.1. The lowest BCUT2D eigenvalue weighted by molar-refractivity contribution is -0.156. The van der Waals surface area contributed by atoms with Crippen LogP contribution in [0.25, 0.3) is 0 Å². The molecule has 0 aromatic heterocycles. The van der Waals surface area contributed by atoms with E-state index in [0.29, 0.717) is 18.4 Å². The molecule has 2 bridgehead atoms. The third kappa shape index (κ3) is 6.05. The number of ether oxygens (including phenoxy) is 2. The van der Waals surface area contributed by atoms with Crippen LogP contribution in [0.1, 0.15) is 66.7 Å². The maximum atomic E-state index is 12.4. The van der Waals surface area contributed by atoms with E-state index in [0.717, 1.165) is 18.4 Å². The number of rotatable bonds is 2. The van der Waals surface area contributed by atoms with Crippen molar-refractivity contribution in [2.75, 3.05) is 0 Å². The SMILES string of the molecule is CC(=O)O[C@H]1CC(C)=CCC[C@H](C)CC(=O)CC2=C[C@H](OC2=O)[C@@H]1C(C)C. The Bertz CT molecular complexity index is 643. The van der Waals surface area contributed by atoms with Gasteiger partial charge in [-0.15, -0.1) is 0 Å². The van der Waals surface area contributed by atoms with Crippen molar-refractivity contribution in [1.82, 2.24) is 0 Å². The minimum atomic E-state index is -0.474. The van der Waals surface area contributed by atoms with Crippen molar-refractivity contribution >= 4 is 17.7 Å². The van der Waals surface area contributed by atoms with E-state index in [2.05, 4.69) is 13.0 Å². The van der Waals surface area contributed by atoms with Gasteiger partial charge in [0.05, 0.1) is 0 Å². The Labute approximate surface area is 162 Å². The smallest absolute Gasteiger partial charge is 0.334 e. The van der Waals surface area contributed by atoms with Gasteiger partial charge in [0.25, 0.3) is 0 Å². The second-order valence-corrected chi connectivity index (χ2v) is 8.39. The number of fused-ring (bicyclic) bond motifs is 1. The molecule has 0 fully saturated rings. The monoisotopic (exact) mass is 376 g/mol. The number of carbonyl (C=O) groups excluding carboxylic acids is 3. The first-order valence-corrected chi connectivity index (χ1v) is 9.93. The third-order valence-electron chi connectivity index (χ3n) is 5.41. The number of carbonyl (C=O) groups is 3. The normalized spacial score (nSPS) is 30.3. The molecule has 150 valence electrons. The standard InChI is InChI=1S/C22H32O5/c1-13(2)21-19(26-16(5)23)10-15(4)8-6-7-14(3)9-18(24)11-17-12-20(21)27-22(17)25/h8,12-14,19-21H,6-7,9-11H2,1-5H3/t14-,19-,20-,21+/m0/s1. The highest BCUT2D eigenvalue weighted by Gasteiger charge is 2.40. The fourth-order valence-electron chi connectivity index (χ4n) is 4.10. The highest BCUT2D eigenvalue weighted by molar-refractivity contribution is 5.97. The zero-order valence-electron chi connectivity index (χ0n) is 17.1. The van der Waals surface area contributed by atoms with E-state index < -0.39 is 12.1 Å². The summed E-state index contributed by atoms with van der Waals surface area (Å²) in [5.41, 5.74) is 1.59. The molecule has 1 heterocycles. The topological polar surface area (TPSA) is 69.7 Å². The van der Waals surface area contributed by atoms with Crippen molar-refractivity contribution in [3.63, 3.8) is 0 Å². The molecule has 2 rings (SSSR count). The Balaban J connectivity index is 2.38. The van der Waals surface area contributed by atoms with Gasteiger partial charge >= 0.3 is 11.9 Å². The van der Waals surface area contributed by atoms with Crippen molar-refractivity contribution < 1.29 is 23.9 Å². The van der Waals surface area contributed by atoms with Gasteiger partial charge in [-0.2, -0.15) is 0 Å². The minimum absolute atomic E-state index is 0.0711. The fraction of sp³-hybridized carbons (Fsp3) is 0.682.